The molecule has 1 aliphatic carbocycles. The predicted octanol–water partition coefficient (Wildman–Crippen LogP) is 5.33. The topological polar surface area (TPSA) is 96.4 Å². The molecule has 2 aromatic rings. The quantitative estimate of drug-likeness (QED) is 0.353. The molecule has 4 rings (SSSR count). The highest BCUT2D eigenvalue weighted by Gasteiger charge is 2.30. The molecule has 1 saturated heterocycles. The lowest BCUT2D eigenvalue weighted by atomic mass is 9.81. The monoisotopic (exact) mass is 556 g/mol. The number of ether oxygens (including phenoxy) is 2. The minimum Gasteiger partial charge on any atom is -0.493 e. The molecular formula is C30H37ClN2O6. The standard InChI is InChI=1S/C30H37ClN2O6/c1-20(23-8-10-25(31)11-9-23)32(18-21-3-6-24(7-4-21)30(36)37)19-22-5-12-26(27(17-22)38-2)39-16-15-33-28(34)13-14-29(33)35/h5,8-12,17,20-21,24H,3-4,6-7,13-16,18-19H2,1-2H3,(H,36,37)/t20-,21-,24+/m1/s1. The van der Waals surface area contributed by atoms with Gasteiger partial charge < -0.3 is 14.6 Å². The Morgan fingerprint density at radius 3 is 2.33 bits per heavy atom. The van der Waals surface area contributed by atoms with E-state index in [4.69, 9.17) is 21.1 Å². The van der Waals surface area contributed by atoms with Crippen molar-refractivity contribution in [3.8, 4) is 11.5 Å². The van der Waals surface area contributed by atoms with E-state index >= 15 is 0 Å². The van der Waals surface area contributed by atoms with E-state index in [1.165, 1.54) is 4.90 Å². The van der Waals surface area contributed by atoms with E-state index in [-0.39, 0.29) is 49.8 Å². The number of carboxylic acids is 1. The lowest BCUT2D eigenvalue weighted by Gasteiger charge is -2.35. The fourth-order valence-corrected chi connectivity index (χ4v) is 5.64. The van der Waals surface area contributed by atoms with Crippen LogP contribution >= 0.6 is 11.6 Å². The van der Waals surface area contributed by atoms with Crippen LogP contribution in [-0.2, 0) is 20.9 Å². The van der Waals surface area contributed by atoms with Gasteiger partial charge in [-0.3, -0.25) is 24.2 Å². The molecule has 210 valence electrons. The number of methoxy groups -OCH3 is 1. The van der Waals surface area contributed by atoms with E-state index in [2.05, 4.69) is 24.0 Å². The highest BCUT2D eigenvalue weighted by atomic mass is 35.5. The third-order valence-corrected chi connectivity index (χ3v) is 8.18. The van der Waals surface area contributed by atoms with E-state index in [9.17, 15) is 19.5 Å². The predicted molar refractivity (Wildman–Crippen MR) is 148 cm³/mol. The zero-order valence-electron chi connectivity index (χ0n) is 22.6. The van der Waals surface area contributed by atoms with Crippen LogP contribution in [-0.4, -0.2) is 59.5 Å². The van der Waals surface area contributed by atoms with Gasteiger partial charge in [0.05, 0.1) is 19.6 Å². The number of likely N-dealkylation sites (tertiary alicyclic amines) is 1. The first-order chi connectivity index (χ1) is 18.7. The summed E-state index contributed by atoms with van der Waals surface area (Å²) in [5.74, 6) is 0.345. The molecule has 1 aliphatic heterocycles. The van der Waals surface area contributed by atoms with Gasteiger partial charge in [-0.2, -0.15) is 0 Å². The molecule has 0 spiro atoms. The van der Waals surface area contributed by atoms with Crippen LogP contribution in [0, 0.1) is 11.8 Å². The zero-order chi connectivity index (χ0) is 27.9. The second kappa shape index (κ2) is 13.3. The van der Waals surface area contributed by atoms with Crippen molar-refractivity contribution in [1.29, 1.82) is 0 Å². The van der Waals surface area contributed by atoms with Gasteiger partial charge in [0.2, 0.25) is 11.8 Å². The van der Waals surface area contributed by atoms with Crippen molar-refractivity contribution in [2.75, 3.05) is 26.8 Å². The van der Waals surface area contributed by atoms with Crippen molar-refractivity contribution in [2.45, 2.75) is 58.0 Å². The molecule has 1 heterocycles. The third kappa shape index (κ3) is 7.51. The number of benzene rings is 2. The maximum Gasteiger partial charge on any atom is 0.306 e. The second-order valence-electron chi connectivity index (χ2n) is 10.5. The molecule has 2 aromatic carbocycles. The first kappa shape index (κ1) is 28.9. The van der Waals surface area contributed by atoms with Gasteiger partial charge in [0, 0.05) is 37.0 Å². The van der Waals surface area contributed by atoms with E-state index in [1.807, 2.05) is 30.3 Å². The summed E-state index contributed by atoms with van der Waals surface area (Å²) >= 11 is 6.13. The number of amides is 2. The molecule has 0 unspecified atom stereocenters. The molecule has 8 nitrogen and oxygen atoms in total. The molecular weight excluding hydrogens is 520 g/mol. The maximum absolute atomic E-state index is 11.8. The van der Waals surface area contributed by atoms with Crippen LogP contribution in [0.1, 0.15) is 62.6 Å². The molecule has 0 aromatic heterocycles. The number of hydrogen-bond donors (Lipinski definition) is 1. The highest BCUT2D eigenvalue weighted by Crippen LogP contribution is 2.34. The average molecular weight is 557 g/mol. The number of hydrogen-bond acceptors (Lipinski definition) is 6. The van der Waals surface area contributed by atoms with Crippen LogP contribution in [0.2, 0.25) is 5.02 Å². The summed E-state index contributed by atoms with van der Waals surface area (Å²) in [6.45, 7) is 4.14. The summed E-state index contributed by atoms with van der Waals surface area (Å²) in [6.07, 6.45) is 3.78. The van der Waals surface area contributed by atoms with Gasteiger partial charge in [-0.05, 0) is 73.9 Å². The van der Waals surface area contributed by atoms with Crippen LogP contribution in [0.4, 0.5) is 0 Å². The van der Waals surface area contributed by atoms with Crippen LogP contribution in [0.3, 0.4) is 0 Å². The number of imide groups is 1. The molecule has 0 radical (unpaired) electrons. The fraction of sp³-hybridized carbons (Fsp3) is 0.500. The first-order valence-corrected chi connectivity index (χ1v) is 14.0. The van der Waals surface area contributed by atoms with Crippen LogP contribution in [0.5, 0.6) is 11.5 Å². The molecule has 9 heteroatoms. The first-order valence-electron chi connectivity index (χ1n) is 13.6. The summed E-state index contributed by atoms with van der Waals surface area (Å²) in [6, 6.07) is 13.9. The summed E-state index contributed by atoms with van der Waals surface area (Å²) in [4.78, 5) is 38.8. The van der Waals surface area contributed by atoms with Gasteiger partial charge in [0.25, 0.3) is 0 Å². The highest BCUT2D eigenvalue weighted by molar-refractivity contribution is 6.30. The second-order valence-corrected chi connectivity index (χ2v) is 10.9. The third-order valence-electron chi connectivity index (χ3n) is 7.93. The Kier molecular flexibility index (Phi) is 9.86. The van der Waals surface area contributed by atoms with Gasteiger partial charge in [-0.25, -0.2) is 0 Å². The Labute approximate surface area is 234 Å². The summed E-state index contributed by atoms with van der Waals surface area (Å²) in [5.41, 5.74) is 2.22. The zero-order valence-corrected chi connectivity index (χ0v) is 23.4. The fourth-order valence-electron chi connectivity index (χ4n) is 5.52. The molecule has 1 saturated carbocycles. The van der Waals surface area contributed by atoms with Crippen molar-refractivity contribution >= 4 is 29.4 Å². The van der Waals surface area contributed by atoms with Crippen molar-refractivity contribution in [2.24, 2.45) is 11.8 Å². The summed E-state index contributed by atoms with van der Waals surface area (Å²) in [5, 5.41) is 10.1. The Bertz CT molecular complexity index is 1150. The van der Waals surface area contributed by atoms with E-state index in [1.54, 1.807) is 7.11 Å². The van der Waals surface area contributed by atoms with Crippen molar-refractivity contribution in [3.05, 3.63) is 58.6 Å². The van der Waals surface area contributed by atoms with Crippen LogP contribution < -0.4 is 9.47 Å². The Morgan fingerprint density at radius 1 is 1.05 bits per heavy atom. The summed E-state index contributed by atoms with van der Waals surface area (Å²) in [7, 11) is 1.59. The van der Waals surface area contributed by atoms with E-state index in [0.717, 1.165) is 43.4 Å². The van der Waals surface area contributed by atoms with E-state index < -0.39 is 5.97 Å². The number of carbonyl (C=O) groups excluding carboxylic acids is 2. The SMILES string of the molecule is COc1cc(CN(C[C@H]2CC[C@@H](C(=O)O)CC2)[C@H](C)c2ccc(Cl)cc2)ccc1OCCN1C(=O)CCC1=O. The number of halogens is 1. The maximum atomic E-state index is 11.8. The van der Waals surface area contributed by atoms with Gasteiger partial charge in [0.15, 0.2) is 11.5 Å². The molecule has 2 fully saturated rings. The smallest absolute Gasteiger partial charge is 0.306 e. The van der Waals surface area contributed by atoms with Gasteiger partial charge in [-0.1, -0.05) is 29.8 Å². The normalized spacial score (nSPS) is 20.4. The molecule has 39 heavy (non-hydrogen) atoms. The Hall–Kier alpha value is -3.10. The molecule has 0 bridgehead atoms. The average Bonchev–Trinajstić information content (AvgIpc) is 3.26. The number of carboxylic acid groups (broad SMARTS) is 1. The number of aliphatic carboxylic acids is 1. The number of carbonyl (C=O) groups is 3. The Morgan fingerprint density at radius 2 is 1.72 bits per heavy atom. The van der Waals surface area contributed by atoms with Crippen LogP contribution in [0.15, 0.2) is 42.5 Å². The van der Waals surface area contributed by atoms with Gasteiger partial charge >= 0.3 is 5.97 Å². The van der Waals surface area contributed by atoms with Gasteiger partial charge in [0.1, 0.15) is 6.61 Å². The lowest BCUT2D eigenvalue weighted by Crippen LogP contribution is -2.34. The van der Waals surface area contributed by atoms with Gasteiger partial charge in [-0.15, -0.1) is 0 Å². The van der Waals surface area contributed by atoms with Crippen molar-refractivity contribution < 1.29 is 29.0 Å². The number of rotatable bonds is 12. The molecule has 2 aliphatic rings. The summed E-state index contributed by atoms with van der Waals surface area (Å²) < 4.78 is 11.5. The van der Waals surface area contributed by atoms with Crippen molar-refractivity contribution in [1.82, 2.24) is 9.80 Å². The minimum absolute atomic E-state index is 0.122. The largest absolute Gasteiger partial charge is 0.493 e. The molecule has 1 atom stereocenters. The minimum atomic E-state index is -0.687. The molecule has 1 N–H and O–H groups in total. The van der Waals surface area contributed by atoms with E-state index in [0.29, 0.717) is 29.0 Å². The van der Waals surface area contributed by atoms with Crippen LogP contribution in [0.25, 0.3) is 0 Å². The lowest BCUT2D eigenvalue weighted by molar-refractivity contribution is -0.143. The Balaban J connectivity index is 1.45. The number of nitrogens with zero attached hydrogens (tertiary/aromatic N) is 2. The molecule has 2 amide bonds. The van der Waals surface area contributed by atoms with Crippen molar-refractivity contribution in [3.63, 3.8) is 0 Å².